The van der Waals surface area contributed by atoms with Crippen molar-refractivity contribution >= 4 is 33.9 Å². The molecule has 10 heteroatoms. The summed E-state index contributed by atoms with van der Waals surface area (Å²) in [5.41, 5.74) is 1.68. The van der Waals surface area contributed by atoms with Gasteiger partial charge in [-0.05, 0) is 23.8 Å². The summed E-state index contributed by atoms with van der Waals surface area (Å²) in [5, 5.41) is 5.06. The average molecular weight is 504 g/mol. The van der Waals surface area contributed by atoms with Crippen molar-refractivity contribution in [1.29, 1.82) is 0 Å². The Labute approximate surface area is 204 Å². The van der Waals surface area contributed by atoms with E-state index in [1.54, 1.807) is 6.07 Å². The van der Waals surface area contributed by atoms with Gasteiger partial charge in [0.2, 0.25) is 5.91 Å². The number of halogens is 3. The number of carbonyl (C=O) groups is 2. The number of nitrogens with one attached hydrogen (secondary N) is 1. The van der Waals surface area contributed by atoms with Gasteiger partial charge in [0.05, 0.1) is 19.2 Å². The van der Waals surface area contributed by atoms with Crippen molar-refractivity contribution in [3.05, 3.63) is 71.1 Å². The SMILES string of the molecule is COC(=O)c1c(-c2ccccc2)csc1NC(=O)CN1CCN(c2cccc(C(F)(F)F)c2)CC1. The van der Waals surface area contributed by atoms with Crippen LogP contribution in [0.3, 0.4) is 0 Å². The second-order valence-corrected chi connectivity index (χ2v) is 8.95. The number of thiophene rings is 1. The van der Waals surface area contributed by atoms with E-state index in [1.165, 1.54) is 24.5 Å². The summed E-state index contributed by atoms with van der Waals surface area (Å²) in [6.07, 6.45) is -4.39. The number of hydrogen-bond acceptors (Lipinski definition) is 6. The van der Waals surface area contributed by atoms with Gasteiger partial charge in [-0.25, -0.2) is 4.79 Å². The molecule has 0 bridgehead atoms. The summed E-state index contributed by atoms with van der Waals surface area (Å²) in [6, 6.07) is 14.6. The molecule has 1 N–H and O–H groups in total. The smallest absolute Gasteiger partial charge is 0.416 e. The highest BCUT2D eigenvalue weighted by Gasteiger charge is 2.31. The molecule has 1 aromatic heterocycles. The summed E-state index contributed by atoms with van der Waals surface area (Å²) >= 11 is 1.25. The molecule has 2 heterocycles. The monoisotopic (exact) mass is 503 g/mol. The molecule has 4 rings (SSSR count). The molecule has 184 valence electrons. The van der Waals surface area contributed by atoms with E-state index in [0.29, 0.717) is 48.0 Å². The Morgan fingerprint density at radius 3 is 2.40 bits per heavy atom. The molecule has 2 aromatic carbocycles. The first-order valence-electron chi connectivity index (χ1n) is 11.0. The van der Waals surface area contributed by atoms with Crippen LogP contribution in [0.4, 0.5) is 23.9 Å². The number of nitrogens with zero attached hydrogens (tertiary/aromatic N) is 2. The Hall–Kier alpha value is -3.37. The van der Waals surface area contributed by atoms with E-state index in [4.69, 9.17) is 4.74 Å². The highest BCUT2D eigenvalue weighted by Crippen LogP contribution is 2.36. The minimum atomic E-state index is -4.39. The van der Waals surface area contributed by atoms with Crippen LogP contribution in [0.25, 0.3) is 11.1 Å². The second kappa shape index (κ2) is 10.5. The van der Waals surface area contributed by atoms with Gasteiger partial charge in [0.25, 0.3) is 0 Å². The third kappa shape index (κ3) is 5.83. The molecule has 0 unspecified atom stereocenters. The van der Waals surface area contributed by atoms with Gasteiger partial charge in [0, 0.05) is 42.8 Å². The molecular weight excluding hydrogens is 479 g/mol. The highest BCUT2D eigenvalue weighted by molar-refractivity contribution is 7.15. The fourth-order valence-electron chi connectivity index (χ4n) is 4.00. The molecule has 0 spiro atoms. The van der Waals surface area contributed by atoms with Gasteiger partial charge < -0.3 is 15.0 Å². The number of alkyl halides is 3. The minimum absolute atomic E-state index is 0.107. The number of carbonyl (C=O) groups excluding carboxylic acids is 2. The molecule has 1 aliphatic heterocycles. The summed E-state index contributed by atoms with van der Waals surface area (Å²) in [4.78, 5) is 29.0. The normalized spacial score (nSPS) is 14.6. The molecule has 3 aromatic rings. The van der Waals surface area contributed by atoms with E-state index >= 15 is 0 Å². The Balaban J connectivity index is 1.38. The van der Waals surface area contributed by atoms with Gasteiger partial charge in [0.15, 0.2) is 0 Å². The van der Waals surface area contributed by atoms with Crippen LogP contribution in [-0.4, -0.2) is 56.6 Å². The van der Waals surface area contributed by atoms with E-state index < -0.39 is 17.7 Å². The van der Waals surface area contributed by atoms with E-state index in [2.05, 4.69) is 5.32 Å². The maximum Gasteiger partial charge on any atom is 0.416 e. The fourth-order valence-corrected chi connectivity index (χ4v) is 4.97. The van der Waals surface area contributed by atoms with Crippen molar-refractivity contribution in [2.45, 2.75) is 6.18 Å². The van der Waals surface area contributed by atoms with Crippen LogP contribution in [0.1, 0.15) is 15.9 Å². The number of piperazine rings is 1. The van der Waals surface area contributed by atoms with Crippen LogP contribution in [0, 0.1) is 0 Å². The zero-order valence-corrected chi connectivity index (χ0v) is 19.8. The van der Waals surface area contributed by atoms with Crippen LogP contribution >= 0.6 is 11.3 Å². The fraction of sp³-hybridized carbons (Fsp3) is 0.280. The third-order valence-corrected chi connectivity index (χ3v) is 6.69. The molecular formula is C25H24F3N3O3S. The number of esters is 1. The Morgan fingerprint density at radius 2 is 1.74 bits per heavy atom. The first-order valence-corrected chi connectivity index (χ1v) is 11.8. The molecule has 6 nitrogen and oxygen atoms in total. The van der Waals surface area contributed by atoms with Crippen molar-refractivity contribution in [2.75, 3.05) is 50.1 Å². The maximum absolute atomic E-state index is 13.0. The summed E-state index contributed by atoms with van der Waals surface area (Å²) in [6.45, 7) is 2.15. The number of hydrogen-bond donors (Lipinski definition) is 1. The molecule has 0 atom stereocenters. The van der Waals surface area contributed by atoms with Crippen LogP contribution < -0.4 is 10.2 Å². The standard InChI is InChI=1S/C25H24F3N3O3S/c1-34-24(33)22-20(17-6-3-2-4-7-17)16-35-23(22)29-21(32)15-30-10-12-31(13-11-30)19-9-5-8-18(14-19)25(26,27)28/h2-9,14,16H,10-13,15H2,1H3,(H,29,32). The summed E-state index contributed by atoms with van der Waals surface area (Å²) in [5.74, 6) is -0.806. The number of methoxy groups -OCH3 is 1. The zero-order valence-electron chi connectivity index (χ0n) is 19.0. The van der Waals surface area contributed by atoms with E-state index in [-0.39, 0.29) is 12.5 Å². The van der Waals surface area contributed by atoms with Crippen molar-refractivity contribution in [1.82, 2.24) is 4.90 Å². The van der Waals surface area contributed by atoms with Crippen LogP contribution in [0.2, 0.25) is 0 Å². The molecule has 1 amide bonds. The molecule has 1 aliphatic rings. The van der Waals surface area contributed by atoms with Gasteiger partial charge >= 0.3 is 12.1 Å². The first kappa shape index (κ1) is 24.7. The third-order valence-electron chi connectivity index (χ3n) is 5.80. The number of amides is 1. The predicted octanol–water partition coefficient (Wildman–Crippen LogP) is 4.98. The lowest BCUT2D eigenvalue weighted by Crippen LogP contribution is -2.48. The van der Waals surface area contributed by atoms with Crippen molar-refractivity contribution in [3.8, 4) is 11.1 Å². The highest BCUT2D eigenvalue weighted by atomic mass is 32.1. The van der Waals surface area contributed by atoms with Crippen LogP contribution in [0.5, 0.6) is 0 Å². The van der Waals surface area contributed by atoms with Gasteiger partial charge in [0.1, 0.15) is 10.6 Å². The lowest BCUT2D eigenvalue weighted by Gasteiger charge is -2.36. The zero-order chi connectivity index (χ0) is 25.0. The first-order chi connectivity index (χ1) is 16.8. The Morgan fingerprint density at radius 1 is 1.03 bits per heavy atom. The van der Waals surface area contributed by atoms with Gasteiger partial charge in [-0.3, -0.25) is 9.69 Å². The molecule has 0 radical (unpaired) electrons. The van der Waals surface area contributed by atoms with Crippen molar-refractivity contribution in [2.24, 2.45) is 0 Å². The minimum Gasteiger partial charge on any atom is -0.465 e. The van der Waals surface area contributed by atoms with E-state index in [1.807, 2.05) is 45.5 Å². The van der Waals surface area contributed by atoms with Gasteiger partial charge in [-0.2, -0.15) is 13.2 Å². The molecule has 1 saturated heterocycles. The summed E-state index contributed by atoms with van der Waals surface area (Å²) in [7, 11) is 1.30. The predicted molar refractivity (Wildman–Crippen MR) is 130 cm³/mol. The number of ether oxygens (including phenoxy) is 1. The lowest BCUT2D eigenvalue weighted by atomic mass is 10.0. The topological polar surface area (TPSA) is 61.9 Å². The van der Waals surface area contributed by atoms with Crippen molar-refractivity contribution in [3.63, 3.8) is 0 Å². The molecule has 0 saturated carbocycles. The maximum atomic E-state index is 13.0. The van der Waals surface area contributed by atoms with Crippen LogP contribution in [-0.2, 0) is 15.7 Å². The van der Waals surface area contributed by atoms with Crippen LogP contribution in [0.15, 0.2) is 60.0 Å². The van der Waals surface area contributed by atoms with E-state index in [0.717, 1.165) is 17.7 Å². The molecule has 1 fully saturated rings. The lowest BCUT2D eigenvalue weighted by molar-refractivity contribution is -0.137. The largest absolute Gasteiger partial charge is 0.465 e. The Bertz CT molecular complexity index is 1190. The van der Waals surface area contributed by atoms with Gasteiger partial charge in [-0.1, -0.05) is 36.4 Å². The second-order valence-electron chi connectivity index (χ2n) is 8.07. The number of benzene rings is 2. The van der Waals surface area contributed by atoms with Gasteiger partial charge in [-0.15, -0.1) is 11.3 Å². The molecule has 35 heavy (non-hydrogen) atoms. The number of anilines is 2. The van der Waals surface area contributed by atoms with Crippen molar-refractivity contribution < 1.29 is 27.5 Å². The van der Waals surface area contributed by atoms with E-state index in [9.17, 15) is 22.8 Å². The summed E-state index contributed by atoms with van der Waals surface area (Å²) < 4.78 is 44.0. The quantitative estimate of drug-likeness (QED) is 0.481. The number of rotatable bonds is 6. The molecule has 0 aliphatic carbocycles. The average Bonchev–Trinajstić information content (AvgIpc) is 3.27. The Kier molecular flexibility index (Phi) is 7.42.